The van der Waals surface area contributed by atoms with Gasteiger partial charge in [0.2, 0.25) is 0 Å². The largest absolute Gasteiger partial charge is 0.496 e. The van der Waals surface area contributed by atoms with Crippen LogP contribution >= 0.6 is 0 Å². The molecule has 0 aromatic heterocycles. The monoisotopic (exact) mass is 277 g/mol. The van der Waals surface area contributed by atoms with E-state index < -0.39 is 7.12 Å². The van der Waals surface area contributed by atoms with Crippen LogP contribution in [0.25, 0.3) is 0 Å². The van der Waals surface area contributed by atoms with Crippen LogP contribution in [0.3, 0.4) is 0 Å². The molecule has 0 aliphatic carbocycles. The summed E-state index contributed by atoms with van der Waals surface area (Å²) in [7, 11) is 0.215. The van der Waals surface area contributed by atoms with Gasteiger partial charge < -0.3 is 14.8 Å². The first-order chi connectivity index (χ1) is 9.41. The lowest BCUT2D eigenvalue weighted by Crippen LogP contribution is -2.37. The SMILES string of the molecule is COc1ccc(B(O)O)cc1CN1CCC(C)(C)CC1. The standard InChI is InChI=1S/C15H24BNO3/c1-15(2)6-8-17(9-7-15)11-12-10-13(16(18)19)4-5-14(12)20-3/h4-5,10,18-19H,6-9,11H2,1-3H3. The van der Waals surface area contributed by atoms with Crippen molar-refractivity contribution < 1.29 is 14.8 Å². The molecule has 0 radical (unpaired) electrons. The van der Waals surface area contributed by atoms with E-state index in [2.05, 4.69) is 18.7 Å². The third-order valence-electron chi connectivity index (χ3n) is 4.21. The molecule has 0 atom stereocenters. The Balaban J connectivity index is 2.10. The first-order valence-corrected chi connectivity index (χ1v) is 7.16. The molecule has 20 heavy (non-hydrogen) atoms. The second-order valence-electron chi connectivity index (χ2n) is 6.39. The number of hydrogen-bond acceptors (Lipinski definition) is 4. The molecule has 2 rings (SSSR count). The van der Waals surface area contributed by atoms with E-state index in [0.717, 1.165) is 30.9 Å². The van der Waals surface area contributed by atoms with Crippen LogP contribution in [0.2, 0.25) is 0 Å². The van der Waals surface area contributed by atoms with Crippen molar-refractivity contribution in [2.45, 2.75) is 33.2 Å². The van der Waals surface area contributed by atoms with E-state index in [1.165, 1.54) is 12.8 Å². The van der Waals surface area contributed by atoms with E-state index in [1.54, 1.807) is 19.2 Å². The lowest BCUT2D eigenvalue weighted by molar-refractivity contribution is 0.126. The average Bonchev–Trinajstić information content (AvgIpc) is 2.41. The fourth-order valence-electron chi connectivity index (χ4n) is 2.64. The van der Waals surface area contributed by atoms with Gasteiger partial charge in [0.05, 0.1) is 7.11 Å². The zero-order chi connectivity index (χ0) is 14.8. The zero-order valence-corrected chi connectivity index (χ0v) is 12.6. The molecule has 0 spiro atoms. The number of likely N-dealkylation sites (tertiary alicyclic amines) is 1. The number of nitrogens with zero attached hydrogens (tertiary/aromatic N) is 1. The number of piperidine rings is 1. The van der Waals surface area contributed by atoms with Crippen molar-refractivity contribution in [2.24, 2.45) is 5.41 Å². The van der Waals surface area contributed by atoms with Gasteiger partial charge in [-0.1, -0.05) is 26.0 Å². The molecule has 1 aliphatic heterocycles. The molecular weight excluding hydrogens is 253 g/mol. The fourth-order valence-corrected chi connectivity index (χ4v) is 2.64. The second-order valence-corrected chi connectivity index (χ2v) is 6.39. The molecule has 1 saturated heterocycles. The van der Waals surface area contributed by atoms with E-state index in [0.29, 0.717) is 10.9 Å². The number of hydrogen-bond donors (Lipinski definition) is 2. The van der Waals surface area contributed by atoms with E-state index in [4.69, 9.17) is 4.74 Å². The van der Waals surface area contributed by atoms with Crippen molar-refractivity contribution in [3.63, 3.8) is 0 Å². The summed E-state index contributed by atoms with van der Waals surface area (Å²) in [6.07, 6.45) is 2.38. The molecule has 0 saturated carbocycles. The summed E-state index contributed by atoms with van der Waals surface area (Å²) in [5.74, 6) is 0.805. The number of ether oxygens (including phenoxy) is 1. The molecule has 4 nitrogen and oxygen atoms in total. The highest BCUT2D eigenvalue weighted by Crippen LogP contribution is 2.31. The van der Waals surface area contributed by atoms with Gasteiger partial charge in [0.1, 0.15) is 5.75 Å². The maximum Gasteiger partial charge on any atom is 0.488 e. The van der Waals surface area contributed by atoms with Gasteiger partial charge in [-0.3, -0.25) is 4.90 Å². The van der Waals surface area contributed by atoms with Crippen molar-refractivity contribution in [2.75, 3.05) is 20.2 Å². The Labute approximate surface area is 121 Å². The lowest BCUT2D eigenvalue weighted by Gasteiger charge is -2.37. The Morgan fingerprint density at radius 2 is 1.90 bits per heavy atom. The third-order valence-corrected chi connectivity index (χ3v) is 4.21. The molecule has 2 N–H and O–H groups in total. The second kappa shape index (κ2) is 6.16. The lowest BCUT2D eigenvalue weighted by atomic mass is 9.79. The van der Waals surface area contributed by atoms with Gasteiger partial charge in [-0.15, -0.1) is 0 Å². The summed E-state index contributed by atoms with van der Waals surface area (Å²) in [6.45, 7) is 7.56. The zero-order valence-electron chi connectivity index (χ0n) is 12.6. The van der Waals surface area contributed by atoms with Crippen molar-refractivity contribution in [1.29, 1.82) is 0 Å². The minimum atomic E-state index is -1.43. The molecule has 1 aliphatic rings. The molecule has 1 aromatic rings. The van der Waals surface area contributed by atoms with Gasteiger partial charge in [0.15, 0.2) is 0 Å². The van der Waals surface area contributed by atoms with Gasteiger partial charge in [-0.2, -0.15) is 0 Å². The molecule has 1 heterocycles. The summed E-state index contributed by atoms with van der Waals surface area (Å²) in [5.41, 5.74) is 1.96. The molecule has 0 bridgehead atoms. The van der Waals surface area contributed by atoms with Gasteiger partial charge in [0, 0.05) is 12.1 Å². The minimum Gasteiger partial charge on any atom is -0.496 e. The highest BCUT2D eigenvalue weighted by molar-refractivity contribution is 6.58. The Bertz CT molecular complexity index is 452. The normalized spacial score (nSPS) is 18.9. The molecule has 0 unspecified atom stereocenters. The van der Waals surface area contributed by atoms with Crippen LogP contribution in [-0.4, -0.2) is 42.3 Å². The Hall–Kier alpha value is -1.04. The number of rotatable bonds is 4. The predicted octanol–water partition coefficient (Wildman–Crippen LogP) is 0.997. The predicted molar refractivity (Wildman–Crippen MR) is 81.1 cm³/mol. The molecule has 5 heteroatoms. The maximum atomic E-state index is 9.29. The molecule has 110 valence electrons. The topological polar surface area (TPSA) is 52.9 Å². The van der Waals surface area contributed by atoms with Crippen molar-refractivity contribution in [3.8, 4) is 5.75 Å². The van der Waals surface area contributed by atoms with Crippen molar-refractivity contribution >= 4 is 12.6 Å². The fraction of sp³-hybridized carbons (Fsp3) is 0.600. The van der Waals surface area contributed by atoms with E-state index >= 15 is 0 Å². The van der Waals surface area contributed by atoms with Crippen molar-refractivity contribution in [3.05, 3.63) is 23.8 Å². The van der Waals surface area contributed by atoms with Crippen LogP contribution < -0.4 is 10.2 Å². The minimum absolute atomic E-state index is 0.434. The Morgan fingerprint density at radius 1 is 1.25 bits per heavy atom. The first-order valence-electron chi connectivity index (χ1n) is 7.16. The highest BCUT2D eigenvalue weighted by atomic mass is 16.5. The van der Waals surface area contributed by atoms with Crippen molar-refractivity contribution in [1.82, 2.24) is 4.90 Å². The van der Waals surface area contributed by atoms with E-state index in [1.807, 2.05) is 6.07 Å². The highest BCUT2D eigenvalue weighted by Gasteiger charge is 2.26. The first kappa shape index (κ1) is 15.4. The van der Waals surface area contributed by atoms with E-state index in [-0.39, 0.29) is 0 Å². The maximum absolute atomic E-state index is 9.29. The smallest absolute Gasteiger partial charge is 0.488 e. The molecule has 1 fully saturated rings. The van der Waals surface area contributed by atoms with Crippen LogP contribution in [0.5, 0.6) is 5.75 Å². The van der Waals surface area contributed by atoms with Gasteiger partial charge in [-0.25, -0.2) is 0 Å². The van der Waals surface area contributed by atoms with Crippen LogP contribution in [0.1, 0.15) is 32.3 Å². The summed E-state index contributed by atoms with van der Waals surface area (Å²) >= 11 is 0. The van der Waals surface area contributed by atoms with Crippen LogP contribution in [-0.2, 0) is 6.54 Å². The Kier molecular flexibility index (Phi) is 4.73. The van der Waals surface area contributed by atoms with Crippen LogP contribution in [0.15, 0.2) is 18.2 Å². The van der Waals surface area contributed by atoms with Gasteiger partial charge in [0.25, 0.3) is 0 Å². The summed E-state index contributed by atoms with van der Waals surface area (Å²) < 4.78 is 5.37. The molecule has 0 amide bonds. The van der Waals surface area contributed by atoms with Gasteiger partial charge >= 0.3 is 7.12 Å². The van der Waals surface area contributed by atoms with Crippen LogP contribution in [0, 0.1) is 5.41 Å². The number of methoxy groups -OCH3 is 1. The van der Waals surface area contributed by atoms with Crippen LogP contribution in [0.4, 0.5) is 0 Å². The number of benzene rings is 1. The summed E-state index contributed by atoms with van der Waals surface area (Å²) in [6, 6.07) is 5.31. The third kappa shape index (κ3) is 3.75. The summed E-state index contributed by atoms with van der Waals surface area (Å²) in [4.78, 5) is 2.40. The molecular formula is C15H24BNO3. The summed E-state index contributed by atoms with van der Waals surface area (Å²) in [5, 5.41) is 18.6. The molecule has 1 aromatic carbocycles. The average molecular weight is 277 g/mol. The van der Waals surface area contributed by atoms with Gasteiger partial charge in [-0.05, 0) is 42.9 Å². The Morgan fingerprint density at radius 3 is 2.45 bits per heavy atom. The quantitative estimate of drug-likeness (QED) is 0.806. The van der Waals surface area contributed by atoms with E-state index in [9.17, 15) is 10.0 Å².